The molecule has 2 fully saturated rings. The highest BCUT2D eigenvalue weighted by Crippen LogP contribution is 2.28. The van der Waals surface area contributed by atoms with Crippen LogP contribution in [-0.2, 0) is 22.6 Å². The van der Waals surface area contributed by atoms with E-state index in [9.17, 15) is 14.4 Å². The van der Waals surface area contributed by atoms with Gasteiger partial charge in [0.1, 0.15) is 6.04 Å². The van der Waals surface area contributed by atoms with Gasteiger partial charge in [-0.25, -0.2) is 9.59 Å². The van der Waals surface area contributed by atoms with Crippen LogP contribution in [0.5, 0.6) is 0 Å². The summed E-state index contributed by atoms with van der Waals surface area (Å²) in [6, 6.07) is 10.1. The molecule has 2 aromatic rings. The van der Waals surface area contributed by atoms with Gasteiger partial charge in [-0.15, -0.1) is 11.3 Å². The van der Waals surface area contributed by atoms with Crippen LogP contribution < -0.4 is 5.32 Å². The van der Waals surface area contributed by atoms with E-state index in [4.69, 9.17) is 4.74 Å². The van der Waals surface area contributed by atoms with E-state index in [2.05, 4.69) is 5.32 Å². The number of nitrogens with one attached hydrogen (secondary N) is 1. The number of ether oxygens (including phenoxy) is 1. The van der Waals surface area contributed by atoms with Crippen molar-refractivity contribution in [3.8, 4) is 0 Å². The lowest BCUT2D eigenvalue weighted by molar-refractivity contribution is -0.137. The van der Waals surface area contributed by atoms with Crippen LogP contribution in [0.1, 0.15) is 33.6 Å². The van der Waals surface area contributed by atoms with Gasteiger partial charge >= 0.3 is 12.0 Å². The van der Waals surface area contributed by atoms with E-state index < -0.39 is 5.97 Å². The molecule has 2 saturated heterocycles. The fourth-order valence-corrected chi connectivity index (χ4v) is 4.66. The number of piperidine rings is 1. The van der Waals surface area contributed by atoms with Crippen LogP contribution in [0.25, 0.3) is 0 Å². The third-order valence-corrected chi connectivity index (χ3v) is 6.32. The number of fused-ring (bicyclic) bond motifs is 1. The standard InChI is InChI=1S/C21H23N3O4S/c1-28-20(26)15-8-6-14(7-9-15)12-23-17-5-2-10-22-18(17)19(25)24(21(23)27)13-16-4-3-11-29-16/h3-4,6-9,11,17-18,22H,2,5,10,12-13H2,1H3. The first-order valence-electron chi connectivity index (χ1n) is 9.63. The Morgan fingerprint density at radius 2 is 2.00 bits per heavy atom. The zero-order valence-corrected chi connectivity index (χ0v) is 17.0. The summed E-state index contributed by atoms with van der Waals surface area (Å²) in [5.74, 6) is -0.541. The van der Waals surface area contributed by atoms with Gasteiger partial charge in [0.15, 0.2) is 0 Å². The highest BCUT2D eigenvalue weighted by atomic mass is 32.1. The van der Waals surface area contributed by atoms with Crippen LogP contribution in [0.15, 0.2) is 41.8 Å². The third kappa shape index (κ3) is 3.90. The van der Waals surface area contributed by atoms with E-state index in [1.165, 1.54) is 23.3 Å². The van der Waals surface area contributed by atoms with Gasteiger partial charge in [0, 0.05) is 11.4 Å². The number of carbonyl (C=O) groups is 3. The number of benzene rings is 1. The molecule has 2 unspecified atom stereocenters. The molecule has 0 bridgehead atoms. The zero-order valence-electron chi connectivity index (χ0n) is 16.2. The first kappa shape index (κ1) is 19.6. The van der Waals surface area contributed by atoms with Gasteiger partial charge in [-0.05, 0) is 48.5 Å². The Morgan fingerprint density at radius 3 is 2.69 bits per heavy atom. The number of nitrogens with zero attached hydrogens (tertiary/aromatic N) is 2. The first-order chi connectivity index (χ1) is 14.1. The fourth-order valence-electron chi connectivity index (χ4n) is 3.97. The van der Waals surface area contributed by atoms with Crippen molar-refractivity contribution < 1.29 is 19.1 Å². The van der Waals surface area contributed by atoms with Crippen LogP contribution in [0.3, 0.4) is 0 Å². The molecule has 0 spiro atoms. The average molecular weight is 413 g/mol. The van der Waals surface area contributed by atoms with Gasteiger partial charge in [0.2, 0.25) is 5.91 Å². The van der Waals surface area contributed by atoms with Gasteiger partial charge in [0.05, 0.1) is 25.3 Å². The second-order valence-corrected chi connectivity index (χ2v) is 8.28. The lowest BCUT2D eigenvalue weighted by atomic mass is 9.93. The number of esters is 1. The molecule has 1 aromatic carbocycles. The van der Waals surface area contributed by atoms with E-state index in [1.807, 2.05) is 29.6 Å². The molecule has 0 saturated carbocycles. The van der Waals surface area contributed by atoms with E-state index in [1.54, 1.807) is 17.0 Å². The van der Waals surface area contributed by atoms with E-state index >= 15 is 0 Å². The van der Waals surface area contributed by atoms with Crippen molar-refractivity contribution >= 4 is 29.2 Å². The number of carbonyl (C=O) groups excluding carboxylic acids is 3. The molecular weight excluding hydrogens is 390 g/mol. The molecule has 2 atom stereocenters. The summed E-state index contributed by atoms with van der Waals surface area (Å²) in [6.07, 6.45) is 1.71. The minimum absolute atomic E-state index is 0.148. The zero-order chi connectivity index (χ0) is 20.4. The number of thiophene rings is 1. The highest BCUT2D eigenvalue weighted by Gasteiger charge is 2.47. The summed E-state index contributed by atoms with van der Waals surface area (Å²) in [5, 5.41) is 5.25. The van der Waals surface area contributed by atoms with Gasteiger partial charge < -0.3 is 15.0 Å². The first-order valence-corrected chi connectivity index (χ1v) is 10.5. The van der Waals surface area contributed by atoms with Gasteiger partial charge in [0.25, 0.3) is 0 Å². The number of imide groups is 1. The number of hydrogen-bond acceptors (Lipinski definition) is 6. The highest BCUT2D eigenvalue weighted by molar-refractivity contribution is 7.09. The molecule has 7 nitrogen and oxygen atoms in total. The molecule has 0 aliphatic carbocycles. The van der Waals surface area contributed by atoms with Crippen molar-refractivity contribution in [3.63, 3.8) is 0 Å². The number of amides is 3. The van der Waals surface area contributed by atoms with Crippen molar-refractivity contribution in [1.82, 2.24) is 15.1 Å². The van der Waals surface area contributed by atoms with Gasteiger partial charge in [-0.3, -0.25) is 9.69 Å². The molecule has 1 N–H and O–H groups in total. The van der Waals surface area contributed by atoms with Crippen LogP contribution in [-0.4, -0.2) is 53.4 Å². The Balaban J connectivity index is 1.58. The molecule has 4 rings (SSSR count). The summed E-state index contributed by atoms with van der Waals surface area (Å²) < 4.78 is 4.73. The van der Waals surface area contributed by atoms with Crippen molar-refractivity contribution in [2.75, 3.05) is 13.7 Å². The maximum absolute atomic E-state index is 13.3. The SMILES string of the molecule is COC(=O)c1ccc(CN2C(=O)N(Cc3cccs3)C(=O)C3NCCCC32)cc1. The summed E-state index contributed by atoms with van der Waals surface area (Å²) in [5.41, 5.74) is 1.37. The summed E-state index contributed by atoms with van der Waals surface area (Å²) in [6.45, 7) is 1.45. The van der Waals surface area contributed by atoms with E-state index in [0.29, 0.717) is 12.1 Å². The second kappa shape index (κ2) is 8.34. The molecule has 0 radical (unpaired) electrons. The quantitative estimate of drug-likeness (QED) is 0.763. The minimum Gasteiger partial charge on any atom is -0.465 e. The maximum Gasteiger partial charge on any atom is 0.337 e. The molecule has 3 amide bonds. The maximum atomic E-state index is 13.3. The second-order valence-electron chi connectivity index (χ2n) is 7.24. The Bertz CT molecular complexity index is 897. The van der Waals surface area contributed by atoms with Crippen molar-refractivity contribution in [2.45, 2.75) is 38.0 Å². The average Bonchev–Trinajstić information content (AvgIpc) is 3.27. The minimum atomic E-state index is -0.394. The summed E-state index contributed by atoms with van der Waals surface area (Å²) in [7, 11) is 1.35. The van der Waals surface area contributed by atoms with E-state index in [0.717, 1.165) is 29.8 Å². The molecule has 8 heteroatoms. The van der Waals surface area contributed by atoms with Gasteiger partial charge in [-0.2, -0.15) is 0 Å². The lowest BCUT2D eigenvalue weighted by Gasteiger charge is -2.47. The number of methoxy groups -OCH3 is 1. The smallest absolute Gasteiger partial charge is 0.337 e. The Morgan fingerprint density at radius 1 is 1.21 bits per heavy atom. The monoisotopic (exact) mass is 413 g/mol. The molecular formula is C21H23N3O4S. The van der Waals surface area contributed by atoms with E-state index in [-0.39, 0.29) is 30.6 Å². The van der Waals surface area contributed by atoms with Crippen LogP contribution in [0, 0.1) is 0 Å². The van der Waals surface area contributed by atoms with Crippen LogP contribution in [0.2, 0.25) is 0 Å². The number of hydrogen-bond donors (Lipinski definition) is 1. The Hall–Kier alpha value is -2.71. The Labute approximate surface area is 173 Å². The molecule has 2 aliphatic heterocycles. The van der Waals surface area contributed by atoms with Crippen molar-refractivity contribution in [1.29, 1.82) is 0 Å². The number of rotatable bonds is 5. The van der Waals surface area contributed by atoms with Crippen molar-refractivity contribution in [3.05, 3.63) is 57.8 Å². The predicted molar refractivity (Wildman–Crippen MR) is 108 cm³/mol. The fraction of sp³-hybridized carbons (Fsp3) is 0.381. The van der Waals surface area contributed by atoms with Gasteiger partial charge in [-0.1, -0.05) is 18.2 Å². The molecule has 2 aliphatic rings. The molecule has 29 heavy (non-hydrogen) atoms. The third-order valence-electron chi connectivity index (χ3n) is 5.46. The molecule has 1 aromatic heterocycles. The summed E-state index contributed by atoms with van der Waals surface area (Å²) in [4.78, 5) is 42.1. The topological polar surface area (TPSA) is 79.0 Å². The van der Waals surface area contributed by atoms with Crippen LogP contribution in [0.4, 0.5) is 4.79 Å². The Kier molecular flexibility index (Phi) is 5.64. The molecule has 3 heterocycles. The predicted octanol–water partition coefficient (Wildman–Crippen LogP) is 2.62. The van der Waals surface area contributed by atoms with Crippen molar-refractivity contribution in [2.24, 2.45) is 0 Å². The lowest BCUT2D eigenvalue weighted by Crippen LogP contribution is -2.68. The number of urea groups is 1. The van der Waals surface area contributed by atoms with Crippen LogP contribution >= 0.6 is 11.3 Å². The summed E-state index contributed by atoms with van der Waals surface area (Å²) >= 11 is 1.53. The largest absolute Gasteiger partial charge is 0.465 e. The molecule has 152 valence electrons. The normalized spacial score (nSPS) is 21.8.